The number of nitrogens with two attached hydrogens (primary N) is 1. The van der Waals surface area contributed by atoms with Crippen molar-refractivity contribution in [1.82, 2.24) is 0 Å². The molecule has 0 aliphatic rings. The fourth-order valence-corrected chi connectivity index (χ4v) is 0.552. The van der Waals surface area contributed by atoms with Crippen LogP contribution in [0.3, 0.4) is 0 Å². The van der Waals surface area contributed by atoms with Crippen LogP contribution in [0.1, 0.15) is 19.8 Å². The van der Waals surface area contributed by atoms with E-state index in [-0.39, 0.29) is 12.1 Å². The molecule has 2 nitrogen and oxygen atoms in total. The fourth-order valence-electron chi connectivity index (χ4n) is 0.552. The highest BCUT2D eigenvalue weighted by molar-refractivity contribution is 4.78. The van der Waals surface area contributed by atoms with E-state index in [9.17, 15) is 0 Å². The standard InChI is InChI=1S/C7H15NO/c1-3-7(9)5-4-6(2)8/h3,6-7,9H,1,4-5,8H2,2H3. The van der Waals surface area contributed by atoms with E-state index in [1.54, 1.807) is 0 Å². The quantitative estimate of drug-likeness (QED) is 0.548. The van der Waals surface area contributed by atoms with Crippen molar-refractivity contribution in [3.05, 3.63) is 12.7 Å². The minimum absolute atomic E-state index is 0.180. The van der Waals surface area contributed by atoms with E-state index in [1.165, 1.54) is 6.08 Å². The van der Waals surface area contributed by atoms with Crippen molar-refractivity contribution < 1.29 is 5.11 Å². The van der Waals surface area contributed by atoms with Gasteiger partial charge in [0.25, 0.3) is 0 Å². The maximum absolute atomic E-state index is 8.93. The van der Waals surface area contributed by atoms with E-state index >= 15 is 0 Å². The molecule has 2 unspecified atom stereocenters. The molecule has 0 spiro atoms. The number of aliphatic hydroxyl groups excluding tert-OH is 1. The lowest BCUT2D eigenvalue weighted by Gasteiger charge is -2.06. The van der Waals surface area contributed by atoms with Crippen LogP contribution in [-0.2, 0) is 0 Å². The Kier molecular flexibility index (Phi) is 4.36. The van der Waals surface area contributed by atoms with Crippen molar-refractivity contribution in [3.8, 4) is 0 Å². The Morgan fingerprint density at radius 3 is 2.56 bits per heavy atom. The predicted molar refractivity (Wildman–Crippen MR) is 39.1 cm³/mol. The molecule has 0 aromatic carbocycles. The van der Waals surface area contributed by atoms with Gasteiger partial charge in [-0.3, -0.25) is 0 Å². The Balaban J connectivity index is 3.16. The molecule has 9 heavy (non-hydrogen) atoms. The van der Waals surface area contributed by atoms with E-state index in [0.717, 1.165) is 12.8 Å². The van der Waals surface area contributed by atoms with Gasteiger partial charge in [0.05, 0.1) is 6.10 Å². The lowest BCUT2D eigenvalue weighted by Crippen LogP contribution is -2.17. The van der Waals surface area contributed by atoms with Crippen LogP contribution < -0.4 is 5.73 Å². The van der Waals surface area contributed by atoms with E-state index < -0.39 is 0 Å². The third-order valence-electron chi connectivity index (χ3n) is 1.19. The summed E-state index contributed by atoms with van der Waals surface area (Å²) in [5.41, 5.74) is 5.45. The molecule has 0 aliphatic carbocycles. The minimum Gasteiger partial charge on any atom is -0.389 e. The average molecular weight is 129 g/mol. The molecule has 0 saturated carbocycles. The van der Waals surface area contributed by atoms with Crippen LogP contribution in [0.4, 0.5) is 0 Å². The van der Waals surface area contributed by atoms with Crippen LogP contribution in [0.5, 0.6) is 0 Å². The first-order valence-corrected chi connectivity index (χ1v) is 3.23. The largest absolute Gasteiger partial charge is 0.389 e. The second-order valence-electron chi connectivity index (χ2n) is 2.36. The molecule has 0 saturated heterocycles. The van der Waals surface area contributed by atoms with Crippen LogP contribution in [0.15, 0.2) is 12.7 Å². The Morgan fingerprint density at radius 1 is 1.67 bits per heavy atom. The predicted octanol–water partition coefficient (Wildman–Crippen LogP) is 0.661. The summed E-state index contributed by atoms with van der Waals surface area (Å²) in [7, 11) is 0. The van der Waals surface area contributed by atoms with Gasteiger partial charge in [-0.15, -0.1) is 6.58 Å². The maximum atomic E-state index is 8.93. The third kappa shape index (κ3) is 5.53. The summed E-state index contributed by atoms with van der Waals surface area (Å²) in [6.07, 6.45) is 2.73. The second-order valence-corrected chi connectivity index (χ2v) is 2.36. The summed E-state index contributed by atoms with van der Waals surface area (Å²) in [5.74, 6) is 0. The van der Waals surface area contributed by atoms with Gasteiger partial charge in [0.1, 0.15) is 0 Å². The molecule has 0 radical (unpaired) electrons. The van der Waals surface area contributed by atoms with Crippen LogP contribution in [-0.4, -0.2) is 17.3 Å². The second kappa shape index (κ2) is 4.53. The normalized spacial score (nSPS) is 16.8. The first-order valence-electron chi connectivity index (χ1n) is 3.23. The fraction of sp³-hybridized carbons (Fsp3) is 0.714. The smallest absolute Gasteiger partial charge is 0.0718 e. The number of rotatable bonds is 4. The summed E-state index contributed by atoms with van der Waals surface area (Å²) in [6, 6.07) is 0.180. The minimum atomic E-state index is -0.379. The van der Waals surface area contributed by atoms with Gasteiger partial charge in [0.2, 0.25) is 0 Å². The molecule has 2 atom stereocenters. The first-order chi connectivity index (χ1) is 4.16. The van der Waals surface area contributed by atoms with Crippen molar-refractivity contribution in [2.75, 3.05) is 0 Å². The van der Waals surface area contributed by atoms with Gasteiger partial charge in [0, 0.05) is 6.04 Å². The van der Waals surface area contributed by atoms with Crippen molar-refractivity contribution in [2.45, 2.75) is 31.9 Å². The molecule has 0 bridgehead atoms. The van der Waals surface area contributed by atoms with E-state index in [0.29, 0.717) is 0 Å². The molecule has 2 heteroatoms. The number of hydrogen-bond acceptors (Lipinski definition) is 2. The Hall–Kier alpha value is -0.340. The summed E-state index contributed by atoms with van der Waals surface area (Å²) in [4.78, 5) is 0. The van der Waals surface area contributed by atoms with Crippen molar-refractivity contribution in [1.29, 1.82) is 0 Å². The number of aliphatic hydroxyl groups is 1. The molecule has 0 amide bonds. The van der Waals surface area contributed by atoms with Gasteiger partial charge in [-0.2, -0.15) is 0 Å². The van der Waals surface area contributed by atoms with E-state index in [1.807, 2.05) is 6.92 Å². The number of hydrogen-bond donors (Lipinski definition) is 2. The van der Waals surface area contributed by atoms with Crippen LogP contribution in [0.25, 0.3) is 0 Å². The zero-order valence-electron chi connectivity index (χ0n) is 5.88. The summed E-state index contributed by atoms with van der Waals surface area (Å²) in [6.45, 7) is 5.37. The maximum Gasteiger partial charge on any atom is 0.0718 e. The molecule has 0 aliphatic heterocycles. The topological polar surface area (TPSA) is 46.2 Å². The average Bonchev–Trinajstić information content (AvgIpc) is 1.83. The Bertz CT molecular complexity index is 81.0. The highest BCUT2D eigenvalue weighted by Gasteiger charge is 1.99. The van der Waals surface area contributed by atoms with Gasteiger partial charge in [0.15, 0.2) is 0 Å². The molecule has 54 valence electrons. The lowest BCUT2D eigenvalue weighted by atomic mass is 10.1. The Morgan fingerprint density at radius 2 is 2.22 bits per heavy atom. The van der Waals surface area contributed by atoms with Crippen molar-refractivity contribution in [2.24, 2.45) is 5.73 Å². The van der Waals surface area contributed by atoms with Gasteiger partial charge in [-0.05, 0) is 19.8 Å². The van der Waals surface area contributed by atoms with Gasteiger partial charge < -0.3 is 10.8 Å². The summed E-state index contributed by atoms with van der Waals surface area (Å²) >= 11 is 0. The highest BCUT2D eigenvalue weighted by atomic mass is 16.3. The highest BCUT2D eigenvalue weighted by Crippen LogP contribution is 1.99. The molecule has 0 heterocycles. The molecule has 0 rings (SSSR count). The SMILES string of the molecule is C=CC(O)CCC(C)N. The monoisotopic (exact) mass is 129 g/mol. The zero-order valence-corrected chi connectivity index (χ0v) is 5.88. The summed E-state index contributed by atoms with van der Waals surface area (Å²) < 4.78 is 0. The van der Waals surface area contributed by atoms with Crippen LogP contribution in [0.2, 0.25) is 0 Å². The van der Waals surface area contributed by atoms with Gasteiger partial charge in [-0.25, -0.2) is 0 Å². The van der Waals surface area contributed by atoms with Crippen LogP contribution >= 0.6 is 0 Å². The molecule has 0 fully saturated rings. The molecule has 3 N–H and O–H groups in total. The first kappa shape index (κ1) is 8.66. The molecule has 0 aromatic heterocycles. The molecule has 0 aromatic rings. The van der Waals surface area contributed by atoms with E-state index in [4.69, 9.17) is 10.8 Å². The van der Waals surface area contributed by atoms with Gasteiger partial charge >= 0.3 is 0 Å². The van der Waals surface area contributed by atoms with E-state index in [2.05, 4.69) is 6.58 Å². The summed E-state index contributed by atoms with van der Waals surface area (Å²) in [5, 5.41) is 8.93. The molecular weight excluding hydrogens is 114 g/mol. The molecular formula is C7H15NO. The lowest BCUT2D eigenvalue weighted by molar-refractivity contribution is 0.207. The Labute approximate surface area is 56.4 Å². The van der Waals surface area contributed by atoms with Gasteiger partial charge in [-0.1, -0.05) is 6.08 Å². The zero-order chi connectivity index (χ0) is 7.28. The van der Waals surface area contributed by atoms with Crippen LogP contribution in [0, 0.1) is 0 Å². The van der Waals surface area contributed by atoms with Crippen molar-refractivity contribution in [3.63, 3.8) is 0 Å². The third-order valence-corrected chi connectivity index (χ3v) is 1.19. The van der Waals surface area contributed by atoms with Crippen molar-refractivity contribution >= 4 is 0 Å².